The first-order valence-electron chi connectivity index (χ1n) is 10.6. The quantitative estimate of drug-likeness (QED) is 0.410. The maximum atomic E-state index is 13.2. The van der Waals surface area contributed by atoms with Gasteiger partial charge in [0.2, 0.25) is 17.7 Å². The molecule has 0 aliphatic carbocycles. The van der Waals surface area contributed by atoms with Crippen molar-refractivity contribution in [3.63, 3.8) is 0 Å². The number of piperidine rings is 1. The van der Waals surface area contributed by atoms with E-state index in [-0.39, 0.29) is 61.2 Å². The van der Waals surface area contributed by atoms with Crippen LogP contribution in [0.1, 0.15) is 39.1 Å². The van der Waals surface area contributed by atoms with E-state index in [1.165, 1.54) is 6.07 Å². The van der Waals surface area contributed by atoms with Crippen molar-refractivity contribution in [3.05, 3.63) is 53.1 Å². The Morgan fingerprint density at radius 3 is 2.51 bits per heavy atom. The van der Waals surface area contributed by atoms with Crippen molar-refractivity contribution in [2.45, 2.75) is 25.3 Å². The highest BCUT2D eigenvalue weighted by Crippen LogP contribution is 2.35. The SMILES string of the molecule is Cl.Cl.Nc1cccc2c1N(C(=O)CNc1cccc3c1C(=O)N(C1CCC(=O)NC1=O)C3=O)CC2. The molecule has 1 atom stereocenters. The molecule has 1 saturated heterocycles. The van der Waals surface area contributed by atoms with Crippen LogP contribution < -0.4 is 21.3 Å². The van der Waals surface area contributed by atoms with E-state index in [0.29, 0.717) is 30.0 Å². The third-order valence-electron chi connectivity index (χ3n) is 6.22. The second-order valence-corrected chi connectivity index (χ2v) is 8.18. The number of para-hydroxylation sites is 1. The Balaban J connectivity index is 0.00000171. The second-order valence-electron chi connectivity index (χ2n) is 8.18. The third kappa shape index (κ3) is 4.30. The van der Waals surface area contributed by atoms with Crippen LogP contribution in [0.4, 0.5) is 17.1 Å². The average molecular weight is 520 g/mol. The van der Waals surface area contributed by atoms with E-state index in [9.17, 15) is 24.0 Å². The van der Waals surface area contributed by atoms with Crippen molar-refractivity contribution in [3.8, 4) is 0 Å². The summed E-state index contributed by atoms with van der Waals surface area (Å²) in [6.45, 7) is 0.405. The summed E-state index contributed by atoms with van der Waals surface area (Å²) in [5.74, 6) is -2.55. The summed E-state index contributed by atoms with van der Waals surface area (Å²) >= 11 is 0. The van der Waals surface area contributed by atoms with E-state index in [1.54, 1.807) is 23.1 Å². The summed E-state index contributed by atoms with van der Waals surface area (Å²) in [5.41, 5.74) is 8.89. The van der Waals surface area contributed by atoms with Crippen LogP contribution in [0, 0.1) is 0 Å². The molecule has 3 aliphatic rings. The van der Waals surface area contributed by atoms with E-state index in [0.717, 1.165) is 10.5 Å². The van der Waals surface area contributed by atoms with Crippen molar-refractivity contribution in [2.24, 2.45) is 0 Å². The van der Waals surface area contributed by atoms with Crippen LogP contribution in [-0.2, 0) is 20.8 Å². The molecule has 12 heteroatoms. The van der Waals surface area contributed by atoms with Crippen LogP contribution in [0.5, 0.6) is 0 Å². The number of halogens is 2. The molecular weight excluding hydrogens is 497 g/mol. The van der Waals surface area contributed by atoms with Crippen molar-refractivity contribution in [1.82, 2.24) is 10.2 Å². The van der Waals surface area contributed by atoms with Crippen molar-refractivity contribution >= 4 is 71.4 Å². The molecule has 184 valence electrons. The zero-order valence-corrected chi connectivity index (χ0v) is 20.0. The first kappa shape index (κ1) is 26.0. The molecule has 1 fully saturated rings. The van der Waals surface area contributed by atoms with E-state index in [1.807, 2.05) is 12.1 Å². The van der Waals surface area contributed by atoms with Crippen LogP contribution in [0.15, 0.2) is 36.4 Å². The molecule has 0 radical (unpaired) electrons. The molecular formula is C23H23Cl2N5O5. The van der Waals surface area contributed by atoms with Crippen molar-refractivity contribution in [2.75, 3.05) is 29.0 Å². The van der Waals surface area contributed by atoms with Crippen LogP contribution in [0.2, 0.25) is 0 Å². The van der Waals surface area contributed by atoms with Gasteiger partial charge in [0, 0.05) is 18.7 Å². The smallest absolute Gasteiger partial charge is 0.264 e. The lowest BCUT2D eigenvalue weighted by Crippen LogP contribution is -2.54. The number of carbonyl (C=O) groups excluding carboxylic acids is 5. The summed E-state index contributed by atoms with van der Waals surface area (Å²) in [6, 6.07) is 9.20. The maximum Gasteiger partial charge on any atom is 0.264 e. The summed E-state index contributed by atoms with van der Waals surface area (Å²) in [7, 11) is 0. The largest absolute Gasteiger partial charge is 0.397 e. The minimum absolute atomic E-state index is 0. The number of anilines is 3. The fourth-order valence-electron chi connectivity index (χ4n) is 4.66. The molecule has 0 spiro atoms. The molecule has 0 aromatic heterocycles. The fraction of sp³-hybridized carbons (Fsp3) is 0.261. The van der Waals surface area contributed by atoms with Crippen LogP contribution >= 0.6 is 24.8 Å². The van der Waals surface area contributed by atoms with Gasteiger partial charge in [0.05, 0.1) is 29.0 Å². The number of nitrogens with two attached hydrogens (primary N) is 1. The molecule has 0 bridgehead atoms. The molecule has 4 N–H and O–H groups in total. The first-order chi connectivity index (χ1) is 15.9. The number of nitrogens with zero attached hydrogens (tertiary/aromatic N) is 2. The topological polar surface area (TPSA) is 142 Å². The van der Waals surface area contributed by atoms with Crippen molar-refractivity contribution < 1.29 is 24.0 Å². The summed E-state index contributed by atoms with van der Waals surface area (Å²) in [6.07, 6.45) is 0.831. The van der Waals surface area contributed by atoms with Gasteiger partial charge in [0.1, 0.15) is 6.04 Å². The van der Waals surface area contributed by atoms with Gasteiger partial charge in [-0.15, -0.1) is 24.8 Å². The highest BCUT2D eigenvalue weighted by molar-refractivity contribution is 6.25. The monoisotopic (exact) mass is 519 g/mol. The summed E-state index contributed by atoms with van der Waals surface area (Å²) < 4.78 is 0. The fourth-order valence-corrected chi connectivity index (χ4v) is 4.66. The molecule has 35 heavy (non-hydrogen) atoms. The minimum Gasteiger partial charge on any atom is -0.397 e. The summed E-state index contributed by atoms with van der Waals surface area (Å²) in [5, 5.41) is 5.15. The number of imide groups is 2. The summed E-state index contributed by atoms with van der Waals surface area (Å²) in [4.78, 5) is 65.2. The number of nitrogens with one attached hydrogen (secondary N) is 2. The number of amides is 5. The number of hydrogen-bond acceptors (Lipinski definition) is 7. The van der Waals surface area contributed by atoms with Crippen LogP contribution in [-0.4, -0.2) is 53.6 Å². The lowest BCUT2D eigenvalue weighted by atomic mass is 10.0. The third-order valence-corrected chi connectivity index (χ3v) is 6.22. The zero-order valence-electron chi connectivity index (χ0n) is 18.4. The van der Waals surface area contributed by atoms with E-state index in [4.69, 9.17) is 5.73 Å². The number of fused-ring (bicyclic) bond motifs is 2. The molecule has 3 heterocycles. The predicted molar refractivity (Wildman–Crippen MR) is 133 cm³/mol. The average Bonchev–Trinajstić information content (AvgIpc) is 3.34. The standard InChI is InChI=1S/C23H21N5O5.2ClH/c24-14-5-1-3-12-9-10-27(20(12)14)18(30)11-25-15-6-2-4-13-19(15)23(33)28(22(13)32)16-7-8-17(29)26-21(16)31;;/h1-6,16,25H,7-11,24H2,(H,26,29,31);2*1H. The highest BCUT2D eigenvalue weighted by atomic mass is 35.5. The van der Waals surface area contributed by atoms with Gasteiger partial charge in [-0.1, -0.05) is 18.2 Å². The van der Waals surface area contributed by atoms with Gasteiger partial charge in [-0.25, -0.2) is 0 Å². The van der Waals surface area contributed by atoms with Gasteiger partial charge in [0.25, 0.3) is 11.8 Å². The van der Waals surface area contributed by atoms with E-state index < -0.39 is 29.7 Å². The molecule has 5 rings (SSSR count). The molecule has 2 aromatic rings. The molecule has 10 nitrogen and oxygen atoms in total. The number of rotatable bonds is 4. The Bertz CT molecular complexity index is 1250. The van der Waals surface area contributed by atoms with E-state index in [2.05, 4.69) is 10.6 Å². The Labute approximate surface area is 213 Å². The Kier molecular flexibility index (Phi) is 7.37. The van der Waals surface area contributed by atoms with Gasteiger partial charge >= 0.3 is 0 Å². The maximum absolute atomic E-state index is 13.2. The first-order valence-corrected chi connectivity index (χ1v) is 10.6. The Morgan fingerprint density at radius 2 is 1.77 bits per heavy atom. The Morgan fingerprint density at radius 1 is 1.03 bits per heavy atom. The van der Waals surface area contributed by atoms with Crippen LogP contribution in [0.25, 0.3) is 0 Å². The molecule has 2 aromatic carbocycles. The number of hydrogen-bond donors (Lipinski definition) is 3. The lowest BCUT2D eigenvalue weighted by Gasteiger charge is -2.27. The molecule has 0 saturated carbocycles. The van der Waals surface area contributed by atoms with Crippen molar-refractivity contribution in [1.29, 1.82) is 0 Å². The molecule has 1 unspecified atom stereocenters. The predicted octanol–water partition coefficient (Wildman–Crippen LogP) is 1.51. The van der Waals surface area contributed by atoms with Crippen LogP contribution in [0.3, 0.4) is 0 Å². The van der Waals surface area contributed by atoms with E-state index >= 15 is 0 Å². The van der Waals surface area contributed by atoms with Gasteiger partial charge in [0.15, 0.2) is 0 Å². The minimum atomic E-state index is -1.05. The van der Waals surface area contributed by atoms with Gasteiger partial charge < -0.3 is 16.0 Å². The number of carbonyl (C=O) groups is 5. The zero-order chi connectivity index (χ0) is 23.3. The Hall–Kier alpha value is -3.63. The molecule has 3 aliphatic heterocycles. The molecule has 5 amide bonds. The second kappa shape index (κ2) is 9.93. The normalized spacial score (nSPS) is 18.3. The van der Waals surface area contributed by atoms with Gasteiger partial charge in [-0.3, -0.25) is 34.2 Å². The number of nitrogen functional groups attached to an aromatic ring is 1. The number of benzene rings is 2. The lowest BCUT2D eigenvalue weighted by molar-refractivity contribution is -0.136. The highest BCUT2D eigenvalue weighted by Gasteiger charge is 2.45. The van der Waals surface area contributed by atoms with Gasteiger partial charge in [-0.2, -0.15) is 0 Å². The van der Waals surface area contributed by atoms with Gasteiger partial charge in [-0.05, 0) is 36.6 Å².